The summed E-state index contributed by atoms with van der Waals surface area (Å²) in [6, 6.07) is 6.42. The van der Waals surface area contributed by atoms with E-state index in [4.69, 9.17) is 16.3 Å². The summed E-state index contributed by atoms with van der Waals surface area (Å²) in [5, 5.41) is 3.06. The van der Waals surface area contributed by atoms with Crippen molar-refractivity contribution in [2.75, 3.05) is 18.2 Å². The van der Waals surface area contributed by atoms with Crippen LogP contribution in [-0.4, -0.2) is 35.8 Å². The van der Waals surface area contributed by atoms with Gasteiger partial charge in [-0.15, -0.1) is 0 Å². The van der Waals surface area contributed by atoms with Crippen LogP contribution in [-0.2, 0) is 21.6 Å². The molecule has 4 rings (SSSR count). The first kappa shape index (κ1) is 21.0. The molecule has 1 fully saturated rings. The van der Waals surface area contributed by atoms with E-state index in [1.165, 1.54) is 13.1 Å². The SMILES string of the molecule is Cn1c(C(F)F)nc2c(Nc3ccc([C@H]4CCCO4)cc3S(C)(=O)=O)cc(Cl)nc21. The number of nitrogens with one attached hydrogen (secondary N) is 1. The summed E-state index contributed by atoms with van der Waals surface area (Å²) < 4.78 is 58.3. The molecule has 0 amide bonds. The average molecular weight is 457 g/mol. The number of aromatic nitrogens is 3. The summed E-state index contributed by atoms with van der Waals surface area (Å²) in [5.74, 6) is -0.458. The predicted molar refractivity (Wildman–Crippen MR) is 109 cm³/mol. The number of aryl methyl sites for hydroxylation is 1. The second-order valence-electron chi connectivity index (χ2n) is 7.15. The molecule has 1 aliphatic heterocycles. The zero-order valence-corrected chi connectivity index (χ0v) is 17.8. The second-order valence-corrected chi connectivity index (χ2v) is 9.52. The molecular weight excluding hydrogens is 438 g/mol. The number of rotatable bonds is 5. The minimum atomic E-state index is -3.60. The zero-order valence-electron chi connectivity index (χ0n) is 16.2. The lowest BCUT2D eigenvalue weighted by Gasteiger charge is -2.16. The minimum Gasteiger partial charge on any atom is -0.374 e. The number of hydrogen-bond acceptors (Lipinski definition) is 6. The standard InChI is InChI=1S/C19H19ClF2N4O3S/c1-26-18-16(25-19(26)17(21)22)12(9-15(20)24-18)23-11-6-5-10(13-4-3-7-29-13)8-14(11)30(2,27)28/h5-6,8-9,13,17H,3-4,7H2,1-2H3,(H,23,24)/t13-/m1/s1. The Morgan fingerprint density at radius 2 is 2.03 bits per heavy atom. The lowest BCUT2D eigenvalue weighted by atomic mass is 10.1. The maximum atomic E-state index is 13.3. The van der Waals surface area contributed by atoms with E-state index in [9.17, 15) is 17.2 Å². The summed E-state index contributed by atoms with van der Waals surface area (Å²) in [5.41, 5.74) is 1.67. The second kappa shape index (κ2) is 7.75. The Kier molecular flexibility index (Phi) is 5.41. The van der Waals surface area contributed by atoms with Gasteiger partial charge in [0.1, 0.15) is 10.7 Å². The monoisotopic (exact) mass is 456 g/mol. The molecule has 1 saturated heterocycles. The topological polar surface area (TPSA) is 86.1 Å². The van der Waals surface area contributed by atoms with Crippen LogP contribution in [0.1, 0.15) is 36.8 Å². The number of alkyl halides is 2. The molecule has 1 aromatic carbocycles. The number of halogens is 3. The highest BCUT2D eigenvalue weighted by Crippen LogP contribution is 2.36. The maximum absolute atomic E-state index is 13.3. The van der Waals surface area contributed by atoms with Gasteiger partial charge >= 0.3 is 0 Å². The fourth-order valence-electron chi connectivity index (χ4n) is 3.56. The Balaban J connectivity index is 1.82. The number of pyridine rings is 1. The van der Waals surface area contributed by atoms with Crippen LogP contribution in [0, 0.1) is 0 Å². The van der Waals surface area contributed by atoms with Crippen molar-refractivity contribution in [3.05, 3.63) is 40.8 Å². The first-order valence-electron chi connectivity index (χ1n) is 9.19. The van der Waals surface area contributed by atoms with E-state index in [1.54, 1.807) is 18.2 Å². The van der Waals surface area contributed by atoms with Crippen LogP contribution in [0.15, 0.2) is 29.2 Å². The Bertz CT molecular complexity index is 1220. The molecule has 30 heavy (non-hydrogen) atoms. The summed E-state index contributed by atoms with van der Waals surface area (Å²) >= 11 is 6.08. The van der Waals surface area contributed by atoms with Gasteiger partial charge in [-0.2, -0.15) is 0 Å². The van der Waals surface area contributed by atoms with Crippen LogP contribution in [0.2, 0.25) is 5.15 Å². The molecule has 1 aliphatic rings. The number of anilines is 2. The third kappa shape index (κ3) is 3.86. The van der Waals surface area contributed by atoms with Crippen LogP contribution < -0.4 is 5.32 Å². The summed E-state index contributed by atoms with van der Waals surface area (Å²) in [7, 11) is -2.18. The van der Waals surface area contributed by atoms with E-state index < -0.39 is 22.1 Å². The van der Waals surface area contributed by atoms with Gasteiger partial charge in [0.2, 0.25) is 0 Å². The molecule has 0 saturated carbocycles. The quantitative estimate of drug-likeness (QED) is 0.566. The van der Waals surface area contributed by atoms with Gasteiger partial charge in [-0.1, -0.05) is 17.7 Å². The number of benzene rings is 1. The van der Waals surface area contributed by atoms with Crippen molar-refractivity contribution in [3.63, 3.8) is 0 Å². The number of imidazole rings is 1. The smallest absolute Gasteiger partial charge is 0.295 e. The largest absolute Gasteiger partial charge is 0.374 e. The molecule has 3 aromatic rings. The molecule has 0 bridgehead atoms. The Morgan fingerprint density at radius 1 is 1.27 bits per heavy atom. The lowest BCUT2D eigenvalue weighted by molar-refractivity contribution is 0.112. The third-order valence-corrected chi connectivity index (χ3v) is 6.33. The number of fused-ring (bicyclic) bond motifs is 1. The zero-order chi connectivity index (χ0) is 21.6. The van der Waals surface area contributed by atoms with E-state index >= 15 is 0 Å². The number of hydrogen-bond donors (Lipinski definition) is 1. The van der Waals surface area contributed by atoms with Crippen molar-refractivity contribution in [1.29, 1.82) is 0 Å². The van der Waals surface area contributed by atoms with Crippen molar-refractivity contribution >= 4 is 44.0 Å². The van der Waals surface area contributed by atoms with Crippen LogP contribution in [0.5, 0.6) is 0 Å². The fraction of sp³-hybridized carbons (Fsp3) is 0.368. The molecule has 0 spiro atoms. The lowest BCUT2D eigenvalue weighted by Crippen LogP contribution is -2.06. The Hall–Kier alpha value is -2.30. The van der Waals surface area contributed by atoms with Gasteiger partial charge in [-0.05, 0) is 30.5 Å². The van der Waals surface area contributed by atoms with Crippen LogP contribution in [0.4, 0.5) is 20.2 Å². The van der Waals surface area contributed by atoms with Crippen molar-refractivity contribution in [3.8, 4) is 0 Å². The van der Waals surface area contributed by atoms with Crippen molar-refractivity contribution in [1.82, 2.24) is 14.5 Å². The van der Waals surface area contributed by atoms with Crippen LogP contribution in [0.3, 0.4) is 0 Å². The molecule has 1 N–H and O–H groups in total. The molecule has 11 heteroatoms. The van der Waals surface area contributed by atoms with E-state index in [-0.39, 0.29) is 38.7 Å². The van der Waals surface area contributed by atoms with E-state index in [1.807, 2.05) is 0 Å². The fourth-order valence-corrected chi connectivity index (χ4v) is 4.62. The predicted octanol–water partition coefficient (Wildman–Crippen LogP) is 4.56. The van der Waals surface area contributed by atoms with Crippen LogP contribution in [0.25, 0.3) is 11.2 Å². The van der Waals surface area contributed by atoms with Crippen LogP contribution >= 0.6 is 11.6 Å². The Labute approximate surface area is 177 Å². The summed E-state index contributed by atoms with van der Waals surface area (Å²) in [6.45, 7) is 0.637. The van der Waals surface area contributed by atoms with E-state index in [2.05, 4.69) is 15.3 Å². The van der Waals surface area contributed by atoms with Gasteiger partial charge in [0.15, 0.2) is 21.3 Å². The molecule has 1 atom stereocenters. The van der Waals surface area contributed by atoms with E-state index in [0.29, 0.717) is 6.61 Å². The van der Waals surface area contributed by atoms with Gasteiger partial charge in [0.05, 0.1) is 22.4 Å². The van der Waals surface area contributed by atoms with Crippen molar-refractivity contribution < 1.29 is 21.9 Å². The molecule has 2 aromatic heterocycles. The molecule has 0 unspecified atom stereocenters. The number of nitrogens with zero attached hydrogens (tertiary/aromatic N) is 3. The normalized spacial score (nSPS) is 17.2. The summed E-state index contributed by atoms with van der Waals surface area (Å²) in [4.78, 5) is 8.13. The number of sulfone groups is 1. The minimum absolute atomic E-state index is 0.0608. The Morgan fingerprint density at radius 3 is 2.67 bits per heavy atom. The number of ether oxygens (including phenoxy) is 1. The summed E-state index contributed by atoms with van der Waals surface area (Å²) in [6.07, 6.45) is -0.101. The highest BCUT2D eigenvalue weighted by atomic mass is 35.5. The van der Waals surface area contributed by atoms with E-state index in [0.717, 1.165) is 29.2 Å². The molecule has 3 heterocycles. The molecule has 0 radical (unpaired) electrons. The highest BCUT2D eigenvalue weighted by molar-refractivity contribution is 7.90. The molecule has 0 aliphatic carbocycles. The van der Waals surface area contributed by atoms with Gasteiger partial charge in [-0.25, -0.2) is 27.2 Å². The van der Waals surface area contributed by atoms with Gasteiger partial charge < -0.3 is 14.6 Å². The maximum Gasteiger partial charge on any atom is 0.295 e. The molecule has 160 valence electrons. The molecular formula is C19H19ClF2N4O3S. The highest BCUT2D eigenvalue weighted by Gasteiger charge is 2.24. The first-order chi connectivity index (χ1) is 14.1. The first-order valence-corrected chi connectivity index (χ1v) is 11.5. The van der Waals surface area contributed by atoms with Gasteiger partial charge in [0, 0.05) is 26.0 Å². The van der Waals surface area contributed by atoms with Gasteiger partial charge in [-0.3, -0.25) is 0 Å². The molecule has 7 nitrogen and oxygen atoms in total. The average Bonchev–Trinajstić information content (AvgIpc) is 3.30. The van der Waals surface area contributed by atoms with Crippen molar-refractivity contribution in [2.45, 2.75) is 30.3 Å². The third-order valence-electron chi connectivity index (χ3n) is 5.00. The van der Waals surface area contributed by atoms with Gasteiger partial charge in [0.25, 0.3) is 6.43 Å². The van der Waals surface area contributed by atoms with Crippen molar-refractivity contribution in [2.24, 2.45) is 7.05 Å².